The maximum Gasteiger partial charge on any atom is 0.240 e. The van der Waals surface area contributed by atoms with Crippen LogP contribution < -0.4 is 4.72 Å². The first-order valence-corrected chi connectivity index (χ1v) is 9.50. The molecule has 0 aromatic heterocycles. The van der Waals surface area contributed by atoms with Crippen molar-refractivity contribution in [2.24, 2.45) is 17.8 Å². The van der Waals surface area contributed by atoms with Crippen molar-refractivity contribution < 1.29 is 18.3 Å². The van der Waals surface area contributed by atoms with Crippen LogP contribution in [0.15, 0.2) is 0 Å². The molecule has 0 aromatic rings. The number of aliphatic hydroxyl groups excluding tert-OH is 1. The number of sulfonamides is 1. The average Bonchev–Trinajstić information content (AvgIpc) is 2.88. The van der Waals surface area contributed by atoms with E-state index in [9.17, 15) is 18.3 Å². The Labute approximate surface area is 126 Å². The highest BCUT2D eigenvalue weighted by Gasteiger charge is 2.44. The minimum Gasteiger partial charge on any atom is -0.393 e. The van der Waals surface area contributed by atoms with E-state index in [-0.39, 0.29) is 23.8 Å². The van der Waals surface area contributed by atoms with E-state index in [0.29, 0.717) is 25.4 Å². The van der Waals surface area contributed by atoms with Crippen molar-refractivity contribution in [2.45, 2.75) is 45.3 Å². The predicted molar refractivity (Wildman–Crippen MR) is 80.0 cm³/mol. The van der Waals surface area contributed by atoms with E-state index in [1.54, 1.807) is 4.90 Å². The summed E-state index contributed by atoms with van der Waals surface area (Å²) in [5.41, 5.74) is 0. The largest absolute Gasteiger partial charge is 0.393 e. The third-order valence-electron chi connectivity index (χ3n) is 4.49. The van der Waals surface area contributed by atoms with Crippen molar-refractivity contribution >= 4 is 15.9 Å². The van der Waals surface area contributed by atoms with Crippen LogP contribution in [0, 0.1) is 17.8 Å². The van der Waals surface area contributed by atoms with Gasteiger partial charge >= 0.3 is 0 Å². The van der Waals surface area contributed by atoms with Gasteiger partial charge in [0.1, 0.15) is 6.04 Å². The number of fused-ring (bicyclic) bond motifs is 1. The molecule has 122 valence electrons. The minimum absolute atomic E-state index is 0.157. The van der Waals surface area contributed by atoms with Gasteiger partial charge in [-0.15, -0.1) is 0 Å². The van der Waals surface area contributed by atoms with Crippen molar-refractivity contribution in [1.29, 1.82) is 0 Å². The SMILES string of the molecule is CC(C)CC(NS(C)(=O)=O)C(=O)N1CC2CCC(O)C2C1. The number of amides is 1. The summed E-state index contributed by atoms with van der Waals surface area (Å²) in [5, 5.41) is 9.92. The molecule has 4 unspecified atom stereocenters. The van der Waals surface area contributed by atoms with E-state index in [2.05, 4.69) is 4.72 Å². The Bertz CT molecular complexity index is 491. The number of nitrogens with one attached hydrogen (secondary N) is 1. The van der Waals surface area contributed by atoms with Gasteiger partial charge in [-0.05, 0) is 31.1 Å². The lowest BCUT2D eigenvalue weighted by Crippen LogP contribution is -2.48. The fourth-order valence-electron chi connectivity index (χ4n) is 3.57. The number of likely N-dealkylation sites (tertiary alicyclic amines) is 1. The van der Waals surface area contributed by atoms with Crippen LogP contribution in [0.3, 0.4) is 0 Å². The highest BCUT2D eigenvalue weighted by molar-refractivity contribution is 7.88. The quantitative estimate of drug-likeness (QED) is 0.757. The van der Waals surface area contributed by atoms with Gasteiger partial charge in [0.2, 0.25) is 15.9 Å². The Hall–Kier alpha value is -0.660. The van der Waals surface area contributed by atoms with Crippen LogP contribution in [0.5, 0.6) is 0 Å². The van der Waals surface area contributed by atoms with Crippen LogP contribution in [0.25, 0.3) is 0 Å². The van der Waals surface area contributed by atoms with Crippen LogP contribution in [0.2, 0.25) is 0 Å². The number of hydrogen-bond donors (Lipinski definition) is 2. The van der Waals surface area contributed by atoms with Crippen molar-refractivity contribution in [2.75, 3.05) is 19.3 Å². The molecule has 21 heavy (non-hydrogen) atoms. The van der Waals surface area contributed by atoms with Gasteiger partial charge in [0.15, 0.2) is 0 Å². The van der Waals surface area contributed by atoms with E-state index in [0.717, 1.165) is 19.1 Å². The summed E-state index contributed by atoms with van der Waals surface area (Å²) in [6.45, 7) is 5.12. The average molecular weight is 318 g/mol. The minimum atomic E-state index is -3.42. The second-order valence-corrected chi connectivity index (χ2v) is 8.66. The number of carbonyl (C=O) groups excluding carboxylic acids is 1. The molecule has 1 aliphatic carbocycles. The van der Waals surface area contributed by atoms with E-state index < -0.39 is 16.1 Å². The van der Waals surface area contributed by atoms with E-state index in [4.69, 9.17) is 0 Å². The molecule has 6 nitrogen and oxygen atoms in total. The summed E-state index contributed by atoms with van der Waals surface area (Å²) in [6, 6.07) is -0.698. The van der Waals surface area contributed by atoms with Gasteiger partial charge in [0, 0.05) is 19.0 Å². The zero-order valence-corrected chi connectivity index (χ0v) is 13.8. The third-order valence-corrected chi connectivity index (χ3v) is 5.20. The number of rotatable bonds is 5. The molecule has 2 N–H and O–H groups in total. The first kappa shape index (κ1) is 16.7. The molecule has 1 saturated heterocycles. The molecule has 2 aliphatic rings. The number of hydrogen-bond acceptors (Lipinski definition) is 4. The standard InChI is InChI=1S/C14H26N2O4S/c1-9(2)6-12(15-21(3,19)20)14(18)16-7-10-4-5-13(17)11(10)8-16/h9-13,15,17H,4-8H2,1-3H3. The maximum absolute atomic E-state index is 12.6. The maximum atomic E-state index is 12.6. The highest BCUT2D eigenvalue weighted by atomic mass is 32.2. The summed E-state index contributed by atoms with van der Waals surface area (Å²) in [6.07, 6.45) is 3.01. The number of nitrogens with zero attached hydrogens (tertiary/aromatic N) is 1. The molecule has 1 amide bonds. The fraction of sp³-hybridized carbons (Fsp3) is 0.929. The van der Waals surface area contributed by atoms with Gasteiger partial charge in [-0.2, -0.15) is 0 Å². The molecule has 0 radical (unpaired) electrons. The van der Waals surface area contributed by atoms with Crippen LogP contribution in [-0.2, 0) is 14.8 Å². The Balaban J connectivity index is 2.05. The first-order chi connectivity index (χ1) is 9.67. The summed E-state index contributed by atoms with van der Waals surface area (Å²) in [7, 11) is -3.42. The van der Waals surface area contributed by atoms with Crippen molar-refractivity contribution in [3.8, 4) is 0 Å². The topological polar surface area (TPSA) is 86.7 Å². The Morgan fingerprint density at radius 3 is 2.52 bits per heavy atom. The second kappa shape index (κ2) is 6.22. The van der Waals surface area contributed by atoms with E-state index >= 15 is 0 Å². The van der Waals surface area contributed by atoms with Crippen molar-refractivity contribution in [3.05, 3.63) is 0 Å². The van der Waals surface area contributed by atoms with Gasteiger partial charge < -0.3 is 10.0 Å². The van der Waals surface area contributed by atoms with Crippen LogP contribution in [0.1, 0.15) is 33.1 Å². The van der Waals surface area contributed by atoms with Crippen LogP contribution in [0.4, 0.5) is 0 Å². The molecule has 4 atom stereocenters. The molecule has 1 saturated carbocycles. The summed E-state index contributed by atoms with van der Waals surface area (Å²) in [5.74, 6) is 0.588. The van der Waals surface area contributed by atoms with E-state index in [1.165, 1.54) is 0 Å². The Morgan fingerprint density at radius 2 is 2.00 bits per heavy atom. The smallest absolute Gasteiger partial charge is 0.240 e. The van der Waals surface area contributed by atoms with Crippen LogP contribution in [-0.4, -0.2) is 55.8 Å². The molecule has 2 fully saturated rings. The van der Waals surface area contributed by atoms with Gasteiger partial charge in [0.05, 0.1) is 12.4 Å². The second-order valence-electron chi connectivity index (χ2n) is 6.88. The lowest BCUT2D eigenvalue weighted by Gasteiger charge is -2.25. The molecule has 0 spiro atoms. The Morgan fingerprint density at radius 1 is 1.33 bits per heavy atom. The van der Waals surface area contributed by atoms with Crippen molar-refractivity contribution in [1.82, 2.24) is 9.62 Å². The summed E-state index contributed by atoms with van der Waals surface area (Å²) in [4.78, 5) is 14.3. The molecule has 2 rings (SSSR count). The van der Waals surface area contributed by atoms with Gasteiger partial charge in [0.25, 0.3) is 0 Å². The third kappa shape index (κ3) is 4.17. The zero-order valence-electron chi connectivity index (χ0n) is 12.9. The zero-order chi connectivity index (χ0) is 15.8. The normalized spacial score (nSPS) is 30.7. The fourth-order valence-corrected chi connectivity index (χ4v) is 4.28. The number of carbonyl (C=O) groups is 1. The van der Waals surface area contributed by atoms with Gasteiger partial charge in [-0.25, -0.2) is 13.1 Å². The molecule has 1 heterocycles. The summed E-state index contributed by atoms with van der Waals surface area (Å²) < 4.78 is 25.4. The number of aliphatic hydroxyl groups is 1. The highest BCUT2D eigenvalue weighted by Crippen LogP contribution is 2.38. The molecular weight excluding hydrogens is 292 g/mol. The molecule has 0 aromatic carbocycles. The van der Waals surface area contributed by atoms with Gasteiger partial charge in [-0.3, -0.25) is 4.79 Å². The first-order valence-electron chi connectivity index (χ1n) is 7.61. The molecule has 7 heteroatoms. The lowest BCUT2D eigenvalue weighted by molar-refractivity contribution is -0.132. The van der Waals surface area contributed by atoms with Crippen LogP contribution >= 0.6 is 0 Å². The van der Waals surface area contributed by atoms with E-state index in [1.807, 2.05) is 13.8 Å². The predicted octanol–water partition coefficient (Wildman–Crippen LogP) is 0.180. The molecular formula is C14H26N2O4S. The van der Waals surface area contributed by atoms with Gasteiger partial charge in [-0.1, -0.05) is 13.8 Å². The van der Waals surface area contributed by atoms with Crippen molar-refractivity contribution in [3.63, 3.8) is 0 Å². The Kier molecular flexibility index (Phi) is 4.95. The molecule has 1 aliphatic heterocycles. The molecule has 0 bridgehead atoms. The lowest BCUT2D eigenvalue weighted by atomic mass is 10.00. The monoisotopic (exact) mass is 318 g/mol. The summed E-state index contributed by atoms with van der Waals surface area (Å²) >= 11 is 0.